The van der Waals surface area contributed by atoms with E-state index in [2.05, 4.69) is 30.4 Å². The first-order valence-corrected chi connectivity index (χ1v) is 8.51. The number of hydrogen-bond donors (Lipinski definition) is 0. The SMILES string of the molecule is COC(C)OCOC1CC(CN(C)C)Sc2sccc21. The van der Waals surface area contributed by atoms with Crippen LogP contribution in [-0.4, -0.2) is 51.0 Å². The van der Waals surface area contributed by atoms with E-state index in [0.717, 1.165) is 13.0 Å². The van der Waals surface area contributed by atoms with Crippen LogP contribution >= 0.6 is 23.1 Å². The highest BCUT2D eigenvalue weighted by molar-refractivity contribution is 8.01. The van der Waals surface area contributed by atoms with Crippen molar-refractivity contribution in [1.29, 1.82) is 0 Å². The second-order valence-corrected chi connectivity index (χ2v) is 7.63. The van der Waals surface area contributed by atoms with Gasteiger partial charge in [0.1, 0.15) is 0 Å². The monoisotopic (exact) mass is 317 g/mol. The summed E-state index contributed by atoms with van der Waals surface area (Å²) in [6.45, 7) is 3.20. The predicted molar refractivity (Wildman–Crippen MR) is 83.4 cm³/mol. The molecule has 3 unspecified atom stereocenters. The predicted octanol–water partition coefficient (Wildman–Crippen LogP) is 3.20. The zero-order valence-electron chi connectivity index (χ0n) is 12.5. The van der Waals surface area contributed by atoms with Crippen molar-refractivity contribution < 1.29 is 14.2 Å². The molecule has 2 heterocycles. The van der Waals surface area contributed by atoms with Crippen LogP contribution in [0.25, 0.3) is 0 Å². The fraction of sp³-hybridized carbons (Fsp3) is 0.714. The smallest absolute Gasteiger partial charge is 0.157 e. The summed E-state index contributed by atoms with van der Waals surface area (Å²) in [6, 6.07) is 2.17. The van der Waals surface area contributed by atoms with Gasteiger partial charge in [0.2, 0.25) is 0 Å². The van der Waals surface area contributed by atoms with Crippen LogP contribution in [0.4, 0.5) is 0 Å². The van der Waals surface area contributed by atoms with Gasteiger partial charge in [0.05, 0.1) is 10.3 Å². The molecule has 0 amide bonds. The maximum atomic E-state index is 5.92. The fourth-order valence-corrected chi connectivity index (χ4v) is 4.92. The van der Waals surface area contributed by atoms with Crippen LogP contribution < -0.4 is 0 Å². The zero-order chi connectivity index (χ0) is 14.5. The first-order chi connectivity index (χ1) is 9.60. The molecule has 1 aliphatic heterocycles. The van der Waals surface area contributed by atoms with Crippen molar-refractivity contribution in [2.45, 2.75) is 35.2 Å². The van der Waals surface area contributed by atoms with E-state index in [-0.39, 0.29) is 19.2 Å². The summed E-state index contributed by atoms with van der Waals surface area (Å²) >= 11 is 3.77. The Bertz CT molecular complexity index is 411. The van der Waals surface area contributed by atoms with Crippen LogP contribution in [0.15, 0.2) is 15.7 Å². The quantitative estimate of drug-likeness (QED) is 0.721. The number of thioether (sulfide) groups is 1. The molecular weight excluding hydrogens is 294 g/mol. The lowest BCUT2D eigenvalue weighted by atomic mass is 10.1. The molecule has 0 radical (unpaired) electrons. The minimum Gasteiger partial charge on any atom is -0.356 e. The third-order valence-corrected chi connectivity index (χ3v) is 5.65. The van der Waals surface area contributed by atoms with Crippen LogP contribution in [0.2, 0.25) is 0 Å². The Kier molecular flexibility index (Phi) is 6.32. The van der Waals surface area contributed by atoms with Gasteiger partial charge in [0, 0.05) is 24.5 Å². The summed E-state index contributed by atoms with van der Waals surface area (Å²) in [5, 5.41) is 2.71. The van der Waals surface area contributed by atoms with Crippen LogP contribution in [0, 0.1) is 0 Å². The highest BCUT2D eigenvalue weighted by atomic mass is 32.2. The number of thiophene rings is 1. The maximum absolute atomic E-state index is 5.92. The zero-order valence-corrected chi connectivity index (χ0v) is 14.1. The molecule has 114 valence electrons. The van der Waals surface area contributed by atoms with Crippen molar-refractivity contribution in [2.24, 2.45) is 0 Å². The van der Waals surface area contributed by atoms with E-state index in [4.69, 9.17) is 14.2 Å². The average Bonchev–Trinajstić information content (AvgIpc) is 2.86. The summed E-state index contributed by atoms with van der Waals surface area (Å²) in [6.07, 6.45) is 0.927. The van der Waals surface area contributed by atoms with E-state index in [9.17, 15) is 0 Å². The van der Waals surface area contributed by atoms with E-state index in [1.807, 2.05) is 18.7 Å². The Labute approximate surface area is 129 Å². The minimum atomic E-state index is -0.229. The summed E-state index contributed by atoms with van der Waals surface area (Å²) in [4.78, 5) is 2.23. The van der Waals surface area contributed by atoms with Gasteiger partial charge >= 0.3 is 0 Å². The Hall–Kier alpha value is -0.110. The lowest BCUT2D eigenvalue weighted by Gasteiger charge is -2.30. The van der Waals surface area contributed by atoms with Crippen molar-refractivity contribution >= 4 is 23.1 Å². The van der Waals surface area contributed by atoms with Gasteiger partial charge in [-0.05, 0) is 38.9 Å². The number of rotatable bonds is 7. The standard InChI is InChI=1S/C14H23NO3S2/c1-10(16-4)17-9-18-13-7-11(8-15(2)3)20-14-12(13)5-6-19-14/h5-6,10-11,13H,7-9H2,1-4H3. The molecule has 0 fully saturated rings. The van der Waals surface area contributed by atoms with E-state index >= 15 is 0 Å². The van der Waals surface area contributed by atoms with E-state index in [0.29, 0.717) is 5.25 Å². The van der Waals surface area contributed by atoms with Gasteiger partial charge < -0.3 is 19.1 Å². The summed E-state index contributed by atoms with van der Waals surface area (Å²) in [7, 11) is 5.86. The second kappa shape index (κ2) is 7.77. The molecule has 0 aromatic carbocycles. The molecule has 0 bridgehead atoms. The van der Waals surface area contributed by atoms with Gasteiger partial charge in [-0.2, -0.15) is 0 Å². The molecule has 20 heavy (non-hydrogen) atoms. The summed E-state index contributed by atoms with van der Waals surface area (Å²) in [5.41, 5.74) is 1.31. The van der Waals surface area contributed by atoms with Crippen LogP contribution in [0.5, 0.6) is 0 Å². The third kappa shape index (κ3) is 4.44. The molecule has 1 aliphatic rings. The second-order valence-electron chi connectivity index (χ2n) is 5.14. The number of methoxy groups -OCH3 is 1. The Morgan fingerprint density at radius 2 is 2.25 bits per heavy atom. The molecule has 0 N–H and O–H groups in total. The van der Waals surface area contributed by atoms with Gasteiger partial charge in [0.15, 0.2) is 13.1 Å². The number of hydrogen-bond acceptors (Lipinski definition) is 6. The summed E-state index contributed by atoms with van der Waals surface area (Å²) in [5.74, 6) is 0. The van der Waals surface area contributed by atoms with Crippen molar-refractivity contribution in [3.05, 3.63) is 17.0 Å². The minimum absolute atomic E-state index is 0.131. The van der Waals surface area contributed by atoms with E-state index < -0.39 is 0 Å². The molecule has 4 nitrogen and oxygen atoms in total. The molecule has 6 heteroatoms. The molecule has 3 atom stereocenters. The first kappa shape index (κ1) is 16.3. The molecule has 0 spiro atoms. The number of nitrogens with zero attached hydrogens (tertiary/aromatic N) is 1. The van der Waals surface area contributed by atoms with Gasteiger partial charge in [0.25, 0.3) is 0 Å². The maximum Gasteiger partial charge on any atom is 0.157 e. The number of fused-ring (bicyclic) bond motifs is 1. The van der Waals surface area contributed by atoms with Crippen LogP contribution in [0.3, 0.4) is 0 Å². The fourth-order valence-electron chi connectivity index (χ4n) is 2.17. The van der Waals surface area contributed by atoms with E-state index in [1.54, 1.807) is 18.4 Å². The molecule has 1 aromatic heterocycles. The molecule has 0 saturated heterocycles. The highest BCUT2D eigenvalue weighted by Crippen LogP contribution is 2.45. The summed E-state index contributed by atoms with van der Waals surface area (Å²) < 4.78 is 17.8. The Morgan fingerprint density at radius 1 is 1.45 bits per heavy atom. The van der Waals surface area contributed by atoms with Crippen molar-refractivity contribution in [3.8, 4) is 0 Å². The lowest BCUT2D eigenvalue weighted by Crippen LogP contribution is -2.28. The van der Waals surface area contributed by atoms with Gasteiger partial charge in [-0.25, -0.2) is 0 Å². The van der Waals surface area contributed by atoms with E-state index in [1.165, 1.54) is 9.77 Å². The molecule has 1 aromatic rings. The van der Waals surface area contributed by atoms with Gasteiger partial charge in [-0.15, -0.1) is 23.1 Å². The van der Waals surface area contributed by atoms with Gasteiger partial charge in [-0.1, -0.05) is 0 Å². The van der Waals surface area contributed by atoms with Crippen molar-refractivity contribution in [2.75, 3.05) is 34.5 Å². The first-order valence-electron chi connectivity index (χ1n) is 6.75. The Morgan fingerprint density at radius 3 is 2.95 bits per heavy atom. The van der Waals surface area contributed by atoms with Gasteiger partial charge in [-0.3, -0.25) is 0 Å². The molecular formula is C14H23NO3S2. The normalized spacial score (nSPS) is 23.9. The highest BCUT2D eigenvalue weighted by Gasteiger charge is 2.29. The Balaban J connectivity index is 1.93. The molecule has 0 saturated carbocycles. The number of ether oxygens (including phenoxy) is 3. The molecule has 0 aliphatic carbocycles. The topological polar surface area (TPSA) is 30.9 Å². The average molecular weight is 317 g/mol. The molecule has 2 rings (SSSR count). The van der Waals surface area contributed by atoms with Crippen LogP contribution in [-0.2, 0) is 14.2 Å². The van der Waals surface area contributed by atoms with Crippen molar-refractivity contribution in [1.82, 2.24) is 4.90 Å². The van der Waals surface area contributed by atoms with Crippen molar-refractivity contribution in [3.63, 3.8) is 0 Å². The van der Waals surface area contributed by atoms with Crippen LogP contribution in [0.1, 0.15) is 25.0 Å². The third-order valence-electron chi connectivity index (χ3n) is 3.23. The lowest BCUT2D eigenvalue weighted by molar-refractivity contribution is -0.190. The largest absolute Gasteiger partial charge is 0.356 e.